The lowest BCUT2D eigenvalue weighted by atomic mass is 9.12. The van der Waals surface area contributed by atoms with Crippen LogP contribution in [-0.2, 0) is 60.7 Å². The molecule has 1 heterocycles. The lowest BCUT2D eigenvalue weighted by molar-refractivity contribution is -0.691. The second kappa shape index (κ2) is 21.3. The number of ether oxygens (including phenoxy) is 1. The average molecular weight is 1150 g/mol. The Morgan fingerprint density at radius 3 is 1.00 bits per heavy atom. The predicted octanol–water partition coefficient (Wildman–Crippen LogP) is 13.7. The molecule has 0 saturated heterocycles. The predicted molar refractivity (Wildman–Crippen MR) is 228 cm³/mol. The number of hydrogen-bond acceptors (Lipinski definition) is 3. The molecule has 0 aliphatic heterocycles. The number of hydrogen-bond donors (Lipinski definition) is 0. The van der Waals surface area contributed by atoms with E-state index in [-0.39, 0.29) is 12.1 Å². The molecule has 5 aromatic carbocycles. The van der Waals surface area contributed by atoms with Gasteiger partial charge in [-0.25, -0.2) is 4.79 Å². The van der Waals surface area contributed by atoms with Crippen molar-refractivity contribution < 1.29 is 119 Å². The molecule has 29 heteroatoms. The standard InChI is InChI=1S/C32H12BF24.C17H19N2O2/c34-25(35,36)13-1-14(26(37,38)39)6-21(5-13)33(22-7-15(27(40,41)42)2-16(8-22)28(43,44)45,23-9-17(29(46,47)48)3-18(10-23)30(49,50)51)24-11-19(31(52,53)54)4-20(12-24)32(55,56)57;20-17(21-15-8-4-5-9-15)16-12-18-10-11-19(16)13-14-6-2-1-3-7-14/h1-12H;1-3,6-7,10-12,15H,4-5,8-9,13H2/q-1;+1. The molecule has 6 aromatic rings. The van der Waals surface area contributed by atoms with E-state index >= 15 is 0 Å². The van der Waals surface area contributed by atoms with Crippen molar-refractivity contribution in [3.63, 3.8) is 0 Å². The van der Waals surface area contributed by atoms with Gasteiger partial charge in [-0.15, -0.1) is 0 Å². The highest BCUT2D eigenvalue weighted by atomic mass is 19.4. The zero-order valence-electron chi connectivity index (χ0n) is 38.5. The van der Waals surface area contributed by atoms with Crippen LogP contribution < -0.4 is 26.4 Å². The van der Waals surface area contributed by atoms with Gasteiger partial charge in [0.25, 0.3) is 0 Å². The largest absolute Gasteiger partial charge is 0.454 e. The van der Waals surface area contributed by atoms with E-state index in [4.69, 9.17) is 4.74 Å². The summed E-state index contributed by atoms with van der Waals surface area (Å²) in [5, 5.41) is 0. The van der Waals surface area contributed by atoms with Gasteiger partial charge in [0.15, 0.2) is 12.7 Å². The van der Waals surface area contributed by atoms with Gasteiger partial charge in [0.05, 0.1) is 50.7 Å². The molecule has 1 aliphatic carbocycles. The van der Waals surface area contributed by atoms with Crippen LogP contribution in [0.4, 0.5) is 105 Å². The van der Waals surface area contributed by atoms with E-state index in [1.807, 2.05) is 41.1 Å². The maximum Gasteiger partial charge on any atom is 0.416 e. The second-order valence-electron chi connectivity index (χ2n) is 17.6. The maximum atomic E-state index is 14.2. The van der Waals surface area contributed by atoms with E-state index in [9.17, 15) is 110 Å². The average Bonchev–Trinajstić information content (AvgIpc) is 3.87. The van der Waals surface area contributed by atoms with Crippen LogP contribution in [0.25, 0.3) is 0 Å². The van der Waals surface area contributed by atoms with Gasteiger partial charge in [-0.2, -0.15) is 132 Å². The zero-order chi connectivity index (χ0) is 58.4. The van der Waals surface area contributed by atoms with Crippen molar-refractivity contribution in [2.45, 2.75) is 87.7 Å². The number of carbonyl (C=O) groups is 1. The minimum atomic E-state index is -6.13. The summed E-state index contributed by atoms with van der Waals surface area (Å²) in [6.45, 7) is 0.637. The lowest BCUT2D eigenvalue weighted by Gasteiger charge is -2.46. The van der Waals surface area contributed by atoms with Crippen molar-refractivity contribution in [1.82, 2.24) is 4.98 Å². The topological polar surface area (TPSA) is 43.1 Å². The lowest BCUT2D eigenvalue weighted by Crippen LogP contribution is -2.75. The highest BCUT2D eigenvalue weighted by molar-refractivity contribution is 7.20. The molecule has 7 rings (SSSR count). The summed E-state index contributed by atoms with van der Waals surface area (Å²) in [6, 6.07) is 1.24. The molecule has 0 N–H and O–H groups in total. The summed E-state index contributed by atoms with van der Waals surface area (Å²) in [4.78, 5) is 16.4. The maximum absolute atomic E-state index is 14.2. The third kappa shape index (κ3) is 14.0. The summed E-state index contributed by atoms with van der Waals surface area (Å²) in [5.41, 5.74) is -28.6. The Kier molecular flexibility index (Phi) is 16.5. The smallest absolute Gasteiger partial charge is 0.416 e. The van der Waals surface area contributed by atoms with Gasteiger partial charge >= 0.3 is 61.1 Å². The number of nitrogens with zero attached hydrogens (tertiary/aromatic N) is 2. The molecule has 1 saturated carbocycles. The molecule has 420 valence electrons. The number of benzene rings is 5. The van der Waals surface area contributed by atoms with E-state index < -0.39 is 195 Å². The second-order valence-corrected chi connectivity index (χ2v) is 17.6. The van der Waals surface area contributed by atoms with E-state index in [2.05, 4.69) is 4.98 Å². The van der Waals surface area contributed by atoms with Gasteiger partial charge in [0, 0.05) is 5.56 Å². The number of alkyl halides is 24. The Hall–Kier alpha value is -6.97. The molecule has 0 spiro atoms. The summed E-state index contributed by atoms with van der Waals surface area (Å²) >= 11 is 0. The Morgan fingerprint density at radius 1 is 0.449 bits per heavy atom. The highest BCUT2D eigenvalue weighted by Crippen LogP contribution is 2.41. The van der Waals surface area contributed by atoms with Gasteiger partial charge in [0.2, 0.25) is 0 Å². The van der Waals surface area contributed by atoms with Crippen LogP contribution in [-0.4, -0.2) is 23.2 Å². The van der Waals surface area contributed by atoms with Crippen molar-refractivity contribution in [3.05, 3.63) is 177 Å². The monoisotopic (exact) mass is 1150 g/mol. The fourth-order valence-electron chi connectivity index (χ4n) is 8.76. The van der Waals surface area contributed by atoms with Crippen LogP contribution in [0, 0.1) is 0 Å². The summed E-state index contributed by atoms with van der Waals surface area (Å²) < 4.78 is 348. The van der Waals surface area contributed by atoms with Crippen LogP contribution >= 0.6 is 0 Å². The number of halogens is 24. The Balaban J connectivity index is 0.000000387. The van der Waals surface area contributed by atoms with Crippen LogP contribution in [0.1, 0.15) is 86.2 Å². The third-order valence-corrected chi connectivity index (χ3v) is 12.3. The van der Waals surface area contributed by atoms with Gasteiger partial charge in [-0.3, -0.25) is 4.98 Å². The molecule has 0 radical (unpaired) electrons. The fraction of sp³-hybridized carbons (Fsp3) is 0.286. The van der Waals surface area contributed by atoms with Gasteiger partial charge in [0.1, 0.15) is 18.4 Å². The van der Waals surface area contributed by atoms with Crippen molar-refractivity contribution in [1.29, 1.82) is 0 Å². The summed E-state index contributed by atoms with van der Waals surface area (Å²) in [6.07, 6.45) is -45.4. The van der Waals surface area contributed by atoms with E-state index in [1.54, 1.807) is 12.4 Å². The van der Waals surface area contributed by atoms with Crippen LogP contribution in [0.5, 0.6) is 0 Å². The Morgan fingerprint density at radius 2 is 0.731 bits per heavy atom. The number of aromatic nitrogens is 2. The Labute approximate surface area is 423 Å². The molecule has 78 heavy (non-hydrogen) atoms. The first kappa shape index (κ1) is 60.3. The molecular formula is C49H31BF24N2O2. The van der Waals surface area contributed by atoms with Crippen LogP contribution in [0.3, 0.4) is 0 Å². The summed E-state index contributed by atoms with van der Waals surface area (Å²) in [7, 11) is 0. The summed E-state index contributed by atoms with van der Waals surface area (Å²) in [5.74, 6) is -0.272. The highest BCUT2D eigenvalue weighted by Gasteiger charge is 2.47. The molecular weight excluding hydrogens is 1120 g/mol. The van der Waals surface area contributed by atoms with Crippen molar-refractivity contribution in [2.24, 2.45) is 0 Å². The quantitative estimate of drug-likeness (QED) is 0.0660. The van der Waals surface area contributed by atoms with Crippen molar-refractivity contribution in [3.8, 4) is 0 Å². The molecule has 0 amide bonds. The van der Waals surface area contributed by atoms with E-state index in [1.165, 1.54) is 0 Å². The number of carbonyl (C=O) groups excluding carboxylic acids is 1. The molecule has 4 nitrogen and oxygen atoms in total. The molecule has 1 aliphatic rings. The van der Waals surface area contributed by atoms with Crippen LogP contribution in [0.15, 0.2) is 122 Å². The molecule has 0 bridgehead atoms. The van der Waals surface area contributed by atoms with Gasteiger partial charge in [-0.05, 0) is 49.9 Å². The molecule has 0 unspecified atom stereocenters. The van der Waals surface area contributed by atoms with Crippen LogP contribution in [0.2, 0.25) is 0 Å². The van der Waals surface area contributed by atoms with E-state index in [0.717, 1.165) is 31.2 Å². The Bertz CT molecular complexity index is 2670. The number of rotatable bonds is 8. The molecule has 0 atom stereocenters. The van der Waals surface area contributed by atoms with Gasteiger partial charge < -0.3 is 4.74 Å². The minimum Gasteiger partial charge on any atom is -0.454 e. The normalized spacial score (nSPS) is 14.5. The zero-order valence-corrected chi connectivity index (χ0v) is 38.5. The van der Waals surface area contributed by atoms with Crippen molar-refractivity contribution in [2.75, 3.05) is 0 Å². The SMILES string of the molecule is FC(F)(F)c1cc([B-](c2cc(C(F)(F)F)cc(C(F)(F)F)c2)(c2cc(C(F)(F)F)cc(C(F)(F)F)c2)c2cc(C(F)(F)F)cc(C(F)(F)F)c2)cc(C(F)(F)F)c1.O=C(OC1CCCC1)c1cncc[n+]1Cc1ccccc1. The first-order valence-corrected chi connectivity index (χ1v) is 22.0. The van der Waals surface area contributed by atoms with Crippen molar-refractivity contribution >= 4 is 34.0 Å². The third-order valence-electron chi connectivity index (χ3n) is 12.3. The fourth-order valence-corrected chi connectivity index (χ4v) is 8.76. The van der Waals surface area contributed by atoms with Gasteiger partial charge in [-0.1, -0.05) is 78.9 Å². The van der Waals surface area contributed by atoms with E-state index in [0.29, 0.717) is 12.2 Å². The molecule has 1 fully saturated rings. The number of esters is 1. The first-order chi connectivity index (χ1) is 35.6. The first-order valence-electron chi connectivity index (χ1n) is 22.0. The minimum absolute atomic E-state index is 0.0721. The molecule has 1 aromatic heterocycles.